The number of amides is 1. The Balaban J connectivity index is 1.44. The Bertz CT molecular complexity index is 887. The average molecular weight is 365 g/mol. The van der Waals surface area contributed by atoms with Crippen LogP contribution in [0, 0.1) is 13.8 Å². The highest BCUT2D eigenvalue weighted by Gasteiger charge is 2.43. The molecule has 1 amide bonds. The number of rotatable bonds is 1. The molecule has 1 aromatic heterocycles. The quantitative estimate of drug-likeness (QED) is 0.841. The van der Waals surface area contributed by atoms with Crippen LogP contribution in [0.3, 0.4) is 0 Å². The molecule has 0 radical (unpaired) electrons. The van der Waals surface area contributed by atoms with Crippen LogP contribution in [-0.2, 0) is 15.1 Å². The van der Waals surface area contributed by atoms with Crippen LogP contribution in [0.4, 0.5) is 5.69 Å². The van der Waals surface area contributed by atoms with Gasteiger partial charge in [-0.3, -0.25) is 4.79 Å². The van der Waals surface area contributed by atoms with Crippen LogP contribution in [-0.4, -0.2) is 41.2 Å². The number of piperidine rings is 1. The van der Waals surface area contributed by atoms with Crippen LogP contribution < -0.4 is 5.32 Å². The van der Waals surface area contributed by atoms with Crippen LogP contribution >= 0.6 is 0 Å². The van der Waals surface area contributed by atoms with E-state index in [0.717, 1.165) is 45.4 Å². The number of hydrogen-bond donors (Lipinski definition) is 1. The van der Waals surface area contributed by atoms with Crippen molar-refractivity contribution in [3.8, 4) is 5.69 Å². The molecule has 1 N–H and O–H groups in total. The molecule has 5 rings (SSSR count). The molecule has 4 heterocycles. The topological polar surface area (TPSA) is 46.5 Å². The van der Waals surface area contributed by atoms with E-state index in [2.05, 4.69) is 54.2 Å². The Morgan fingerprint density at radius 1 is 1.22 bits per heavy atom. The van der Waals surface area contributed by atoms with Gasteiger partial charge in [0.25, 0.3) is 5.91 Å². The van der Waals surface area contributed by atoms with Gasteiger partial charge in [0, 0.05) is 31.6 Å². The molecule has 0 bridgehead atoms. The highest BCUT2D eigenvalue weighted by atomic mass is 16.5. The van der Waals surface area contributed by atoms with E-state index < -0.39 is 0 Å². The molecule has 1 atom stereocenters. The van der Waals surface area contributed by atoms with E-state index in [0.29, 0.717) is 0 Å². The molecule has 1 spiro atoms. The summed E-state index contributed by atoms with van der Waals surface area (Å²) in [7, 11) is 0. The number of nitrogens with one attached hydrogen (secondary N) is 1. The molecule has 0 aliphatic carbocycles. The van der Waals surface area contributed by atoms with Gasteiger partial charge in [-0.15, -0.1) is 0 Å². The lowest BCUT2D eigenvalue weighted by Gasteiger charge is -2.47. The van der Waals surface area contributed by atoms with Gasteiger partial charge in [0.1, 0.15) is 6.10 Å². The van der Waals surface area contributed by atoms with Crippen molar-refractivity contribution in [1.29, 1.82) is 0 Å². The maximum atomic E-state index is 12.7. The lowest BCUT2D eigenvalue weighted by atomic mass is 9.81. The monoisotopic (exact) mass is 365 g/mol. The molecule has 5 heteroatoms. The molecule has 2 saturated heterocycles. The van der Waals surface area contributed by atoms with Crippen LogP contribution in [0.5, 0.6) is 0 Å². The Kier molecular flexibility index (Phi) is 3.83. The molecule has 27 heavy (non-hydrogen) atoms. The molecule has 1 aromatic carbocycles. The third-order valence-corrected chi connectivity index (χ3v) is 6.69. The van der Waals surface area contributed by atoms with E-state index in [4.69, 9.17) is 4.74 Å². The van der Waals surface area contributed by atoms with Gasteiger partial charge < -0.3 is 19.5 Å². The molecule has 0 saturated carbocycles. The number of carbonyl (C=O) groups is 1. The fraction of sp³-hybridized carbons (Fsp3) is 0.500. The first-order chi connectivity index (χ1) is 13.1. The maximum Gasteiger partial charge on any atom is 0.251 e. The highest BCUT2D eigenvalue weighted by molar-refractivity contribution is 5.81. The van der Waals surface area contributed by atoms with Gasteiger partial charge in [-0.05, 0) is 68.9 Å². The molecule has 2 fully saturated rings. The van der Waals surface area contributed by atoms with Gasteiger partial charge in [0.2, 0.25) is 0 Å². The second-order valence-electron chi connectivity index (χ2n) is 8.20. The first-order valence-electron chi connectivity index (χ1n) is 10.1. The summed E-state index contributed by atoms with van der Waals surface area (Å²) in [4.78, 5) is 14.7. The third-order valence-electron chi connectivity index (χ3n) is 6.69. The van der Waals surface area contributed by atoms with E-state index in [-0.39, 0.29) is 17.6 Å². The van der Waals surface area contributed by atoms with E-state index in [1.54, 1.807) is 0 Å². The zero-order valence-electron chi connectivity index (χ0n) is 16.1. The minimum absolute atomic E-state index is 0.106. The largest absolute Gasteiger partial charge is 0.372 e. The van der Waals surface area contributed by atoms with Gasteiger partial charge in [0.05, 0.1) is 16.9 Å². The van der Waals surface area contributed by atoms with E-state index in [1.807, 2.05) is 4.90 Å². The smallest absolute Gasteiger partial charge is 0.251 e. The Labute approximate surface area is 160 Å². The van der Waals surface area contributed by atoms with Crippen LogP contribution in [0.1, 0.15) is 42.5 Å². The summed E-state index contributed by atoms with van der Waals surface area (Å²) in [5, 5.41) is 3.86. The van der Waals surface area contributed by atoms with E-state index in [1.165, 1.54) is 28.2 Å². The summed E-state index contributed by atoms with van der Waals surface area (Å²) in [6.07, 6.45) is 5.66. The fourth-order valence-electron chi connectivity index (χ4n) is 4.97. The minimum atomic E-state index is -0.214. The second kappa shape index (κ2) is 6.13. The van der Waals surface area contributed by atoms with Crippen molar-refractivity contribution in [3.05, 3.63) is 47.3 Å². The van der Waals surface area contributed by atoms with Gasteiger partial charge in [0.15, 0.2) is 0 Å². The lowest BCUT2D eigenvalue weighted by molar-refractivity contribution is -0.142. The number of ether oxygens (including phenoxy) is 1. The van der Waals surface area contributed by atoms with Crippen molar-refractivity contribution in [2.24, 2.45) is 0 Å². The summed E-state index contributed by atoms with van der Waals surface area (Å²) in [5.74, 6) is 0.181. The molecule has 3 aliphatic rings. The predicted octanol–water partition coefficient (Wildman–Crippen LogP) is 3.52. The number of fused-ring (bicyclic) bond motifs is 4. The van der Waals surface area contributed by atoms with E-state index in [9.17, 15) is 4.79 Å². The van der Waals surface area contributed by atoms with Crippen molar-refractivity contribution >= 4 is 11.6 Å². The first-order valence-corrected chi connectivity index (χ1v) is 10.1. The molecule has 1 unspecified atom stereocenters. The number of aromatic nitrogens is 1. The van der Waals surface area contributed by atoms with Crippen LogP contribution in [0.25, 0.3) is 5.69 Å². The molecular weight excluding hydrogens is 338 g/mol. The molecule has 2 aromatic rings. The van der Waals surface area contributed by atoms with Crippen molar-refractivity contribution in [2.45, 2.75) is 51.2 Å². The average Bonchev–Trinajstić information content (AvgIpc) is 3.37. The zero-order chi connectivity index (χ0) is 18.6. The number of hydrogen-bond acceptors (Lipinski definition) is 3. The summed E-state index contributed by atoms with van der Waals surface area (Å²) < 4.78 is 7.96. The maximum absolute atomic E-state index is 12.7. The van der Waals surface area contributed by atoms with Crippen LogP contribution in [0.15, 0.2) is 30.5 Å². The fourth-order valence-corrected chi connectivity index (χ4v) is 4.97. The Hall–Kier alpha value is -2.27. The summed E-state index contributed by atoms with van der Waals surface area (Å²) in [6.45, 7) is 6.63. The van der Waals surface area contributed by atoms with E-state index >= 15 is 0 Å². The number of nitrogens with zero attached hydrogens (tertiary/aromatic N) is 2. The normalized spacial score (nSPS) is 23.0. The minimum Gasteiger partial charge on any atom is -0.372 e. The number of benzene rings is 1. The predicted molar refractivity (Wildman–Crippen MR) is 105 cm³/mol. The van der Waals surface area contributed by atoms with Crippen molar-refractivity contribution < 1.29 is 9.53 Å². The number of likely N-dealkylation sites (tertiary alicyclic amines) is 1. The van der Waals surface area contributed by atoms with Crippen molar-refractivity contribution in [3.63, 3.8) is 0 Å². The standard InChI is InChI=1S/C22H27N3O2/c1-15-7-8-17-20(16(15)2)25-11-3-6-19(25)22(23-17)9-12-24(13-10-22)21(26)18-5-4-14-27-18/h3,6-8,11,18,23H,4-5,9-10,12-14H2,1-2H3. The zero-order valence-corrected chi connectivity index (χ0v) is 16.1. The summed E-state index contributed by atoms with van der Waals surface area (Å²) in [6, 6.07) is 8.76. The Morgan fingerprint density at radius 3 is 2.78 bits per heavy atom. The van der Waals surface area contributed by atoms with Gasteiger partial charge in [-0.1, -0.05) is 6.07 Å². The Morgan fingerprint density at radius 2 is 2.04 bits per heavy atom. The third kappa shape index (κ3) is 2.52. The van der Waals surface area contributed by atoms with Crippen molar-refractivity contribution in [1.82, 2.24) is 9.47 Å². The summed E-state index contributed by atoms with van der Waals surface area (Å²) >= 11 is 0. The SMILES string of the molecule is Cc1ccc2c(c1C)-n1cccc1C1(CCN(C(=O)C3CCCO3)CC1)N2. The molecule has 142 valence electrons. The molecule has 5 nitrogen and oxygen atoms in total. The van der Waals surface area contributed by atoms with Gasteiger partial charge >= 0.3 is 0 Å². The first kappa shape index (κ1) is 16.9. The van der Waals surface area contributed by atoms with Crippen LogP contribution in [0.2, 0.25) is 0 Å². The molecular formula is C22H27N3O2. The highest BCUT2D eigenvalue weighted by Crippen LogP contribution is 2.44. The number of carbonyl (C=O) groups excluding carboxylic acids is 1. The van der Waals surface area contributed by atoms with Gasteiger partial charge in [-0.25, -0.2) is 0 Å². The van der Waals surface area contributed by atoms with Crippen molar-refractivity contribution in [2.75, 3.05) is 25.0 Å². The second-order valence-corrected chi connectivity index (χ2v) is 8.20. The number of anilines is 1. The van der Waals surface area contributed by atoms with Gasteiger partial charge in [-0.2, -0.15) is 0 Å². The lowest BCUT2D eigenvalue weighted by Crippen LogP contribution is -2.52. The number of aryl methyl sites for hydroxylation is 1. The summed E-state index contributed by atoms with van der Waals surface area (Å²) in [5.41, 5.74) is 6.29. The molecule has 3 aliphatic heterocycles.